The van der Waals surface area contributed by atoms with Crippen LogP contribution in [-0.2, 0) is 0 Å². The molecule has 15 rings (SSSR count). The predicted octanol–water partition coefficient (Wildman–Crippen LogP) is 22.1. The topological polar surface area (TPSA) is 19.4 Å². The van der Waals surface area contributed by atoms with Crippen LogP contribution in [-0.4, -0.2) is 34.6 Å². The lowest BCUT2D eigenvalue weighted by atomic mass is 9.08. The molecule has 3 nitrogen and oxygen atoms in total. The summed E-state index contributed by atoms with van der Waals surface area (Å²) < 4.78 is 0. The summed E-state index contributed by atoms with van der Waals surface area (Å²) in [5.41, 5.74) is 24.6. The summed E-state index contributed by atoms with van der Waals surface area (Å²) in [4.78, 5) is 10.1. The zero-order valence-electron chi connectivity index (χ0n) is 50.7. The molecule has 1 aromatic heterocycles. The van der Waals surface area contributed by atoms with Crippen LogP contribution in [0.5, 0.6) is 0 Å². The molecule has 0 bridgehead atoms. The first kappa shape index (κ1) is 58.3. The fourth-order valence-electron chi connectivity index (χ4n) is 12.3. The second-order valence-corrected chi connectivity index (χ2v) is 22.9. The molecular formula is C85H59B4N3. The molecule has 0 saturated carbocycles. The van der Waals surface area contributed by atoms with Gasteiger partial charge in [-0.05, 0) is 150 Å². The number of aromatic nitrogens is 1. The predicted molar refractivity (Wildman–Crippen MR) is 395 cm³/mol. The molecule has 0 fully saturated rings. The number of benzene rings is 14. The van der Waals surface area contributed by atoms with Gasteiger partial charge in [-0.1, -0.05) is 285 Å². The molecule has 14 aromatic carbocycles. The largest absolute Gasteiger partial charge is 0.310 e. The molecule has 1 heterocycles. The summed E-state index contributed by atoms with van der Waals surface area (Å²) >= 11 is 0. The molecule has 0 N–H and O–H groups in total. The van der Waals surface area contributed by atoms with Crippen LogP contribution in [0.25, 0.3) is 111 Å². The van der Waals surface area contributed by atoms with Crippen LogP contribution in [0.4, 0.5) is 34.1 Å². The molecule has 0 unspecified atom stereocenters. The zero-order valence-corrected chi connectivity index (χ0v) is 50.7. The number of hydrogen-bond donors (Lipinski definition) is 0. The molecule has 0 saturated heterocycles. The van der Waals surface area contributed by atoms with Crippen LogP contribution in [0.2, 0.25) is 0 Å². The Balaban J connectivity index is 0.00000179. The third-order valence-electron chi connectivity index (χ3n) is 16.9. The van der Waals surface area contributed by atoms with E-state index in [1.165, 1.54) is 54.9 Å². The molecule has 0 amide bonds. The van der Waals surface area contributed by atoms with Crippen molar-refractivity contribution in [3.05, 3.63) is 358 Å². The minimum absolute atomic E-state index is 0.667. The Morgan fingerprint density at radius 3 is 0.761 bits per heavy atom. The summed E-state index contributed by atoms with van der Waals surface area (Å²) in [5.74, 6) is 0. The van der Waals surface area contributed by atoms with Gasteiger partial charge in [-0.25, -0.2) is 4.98 Å². The zero-order chi connectivity index (χ0) is 62.2. The van der Waals surface area contributed by atoms with Gasteiger partial charge in [-0.2, -0.15) is 0 Å². The highest BCUT2D eigenvalue weighted by Gasteiger charge is 2.18. The van der Waals surface area contributed by atoms with Gasteiger partial charge in [-0.3, -0.25) is 0 Å². The summed E-state index contributed by atoms with van der Waals surface area (Å²) in [6, 6.07) is 129. The van der Waals surface area contributed by atoms with Crippen LogP contribution in [0.1, 0.15) is 0 Å². The van der Waals surface area contributed by atoms with Gasteiger partial charge >= 0.3 is 0 Å². The van der Waals surface area contributed by atoms with E-state index in [0.29, 0.717) is 0 Å². The Kier molecular flexibility index (Phi) is 17.0. The van der Waals surface area contributed by atoms with E-state index in [4.69, 9.17) is 4.98 Å². The van der Waals surface area contributed by atoms with Crippen molar-refractivity contribution in [1.82, 2.24) is 4.98 Å². The molecule has 7 heteroatoms. The SMILES string of the molecule is [B]B([B])[B].c1ccc(-c2ccc(-c3cc(-c4ccc(-c5ccc(-c6ccc(N(c7ccccc7)c7cccc8ccccc78)cc6)cc5)cc4)nc(-c4ccc(-c5ccc(-c6ccc(N(c7ccccc7)c7cccc8ccccc78)cc6)cc5)cc4)c3)cc2)cc1. The highest BCUT2D eigenvalue weighted by Crippen LogP contribution is 2.42. The first-order valence-corrected chi connectivity index (χ1v) is 31.1. The Morgan fingerprint density at radius 1 is 0.207 bits per heavy atom. The summed E-state index contributed by atoms with van der Waals surface area (Å²) in [5, 5.41) is 4.86. The number of para-hydroxylation sites is 2. The summed E-state index contributed by atoms with van der Waals surface area (Å²) in [6.07, 6.45) is -0.667. The van der Waals surface area contributed by atoms with Crippen LogP contribution in [0.3, 0.4) is 0 Å². The van der Waals surface area contributed by atoms with E-state index in [0.717, 1.165) is 90.0 Å². The lowest BCUT2D eigenvalue weighted by molar-refractivity contribution is 1.30. The van der Waals surface area contributed by atoms with Crippen molar-refractivity contribution in [3.63, 3.8) is 0 Å². The van der Waals surface area contributed by atoms with Crippen molar-refractivity contribution >= 4 is 85.3 Å². The number of anilines is 6. The molecule has 0 aliphatic carbocycles. The highest BCUT2D eigenvalue weighted by molar-refractivity contribution is 7.49. The minimum Gasteiger partial charge on any atom is -0.310 e. The molecule has 426 valence electrons. The first-order valence-electron chi connectivity index (χ1n) is 31.1. The van der Waals surface area contributed by atoms with Crippen molar-refractivity contribution in [3.8, 4) is 89.3 Å². The fourth-order valence-corrected chi connectivity index (χ4v) is 12.3. The van der Waals surface area contributed by atoms with E-state index >= 15 is 0 Å². The quantitative estimate of drug-likeness (QED) is 0.101. The van der Waals surface area contributed by atoms with Gasteiger partial charge in [0.1, 0.15) is 0 Å². The second-order valence-electron chi connectivity index (χ2n) is 22.9. The van der Waals surface area contributed by atoms with E-state index in [9.17, 15) is 0 Å². The number of nitrogens with zero attached hydrogens (tertiary/aromatic N) is 3. The minimum atomic E-state index is -0.667. The lowest BCUT2D eigenvalue weighted by Gasteiger charge is -2.27. The van der Waals surface area contributed by atoms with Crippen molar-refractivity contribution in [2.75, 3.05) is 9.80 Å². The van der Waals surface area contributed by atoms with E-state index in [1.807, 2.05) is 0 Å². The maximum absolute atomic E-state index is 5.38. The highest BCUT2D eigenvalue weighted by atomic mass is 15.1. The Hall–Kier alpha value is -11.4. The standard InChI is InChI=1S/C85H59N3.B4/c1-4-16-60(17-5-1)61-38-40-70(41-39-61)75-58-82(73-46-42-66(43-47-73)62-30-34-64(35-31-62)68-50-54-78(55-51-68)87(76-22-6-2-7-23-76)84-28-14-20-71-18-10-12-26-80(71)84)86-83(59-75)74-48-44-67(45-49-74)63-32-36-65(37-33-63)69-52-56-79(57-53-69)88(77-24-8-3-9-25-77)85-29-15-21-72-19-11-13-27-81(72)85;1-4(2)3/h1-59H;. The maximum Gasteiger partial charge on any atom is 0.0715 e. The smallest absolute Gasteiger partial charge is 0.0715 e. The van der Waals surface area contributed by atoms with Crippen molar-refractivity contribution in [1.29, 1.82) is 0 Å². The normalized spacial score (nSPS) is 11.0. The Morgan fingerprint density at radius 2 is 0.435 bits per heavy atom. The fraction of sp³-hybridized carbons (Fsp3) is 0. The Bertz CT molecular complexity index is 4670. The average molecular weight is 1170 g/mol. The molecule has 92 heavy (non-hydrogen) atoms. The van der Waals surface area contributed by atoms with E-state index < -0.39 is 6.39 Å². The molecule has 0 aliphatic heterocycles. The first-order chi connectivity index (χ1) is 45.3. The molecule has 15 aromatic rings. The lowest BCUT2D eigenvalue weighted by Crippen LogP contribution is -2.11. The third-order valence-corrected chi connectivity index (χ3v) is 16.9. The molecule has 0 atom stereocenters. The van der Waals surface area contributed by atoms with E-state index in [-0.39, 0.29) is 0 Å². The van der Waals surface area contributed by atoms with Crippen molar-refractivity contribution in [2.24, 2.45) is 0 Å². The van der Waals surface area contributed by atoms with Gasteiger partial charge in [0.2, 0.25) is 0 Å². The van der Waals surface area contributed by atoms with Crippen LogP contribution in [0, 0.1) is 0 Å². The number of pyridine rings is 1. The Labute approximate surface area is 543 Å². The van der Waals surface area contributed by atoms with Crippen molar-refractivity contribution in [2.45, 2.75) is 0 Å². The number of rotatable bonds is 14. The number of hydrogen-bond acceptors (Lipinski definition) is 3. The van der Waals surface area contributed by atoms with E-state index in [1.54, 1.807) is 0 Å². The van der Waals surface area contributed by atoms with Gasteiger partial charge in [0.25, 0.3) is 0 Å². The molecule has 0 aliphatic rings. The molecule has 0 spiro atoms. The van der Waals surface area contributed by atoms with Gasteiger partial charge in [0.15, 0.2) is 0 Å². The monoisotopic (exact) mass is 1170 g/mol. The summed E-state index contributed by atoms with van der Waals surface area (Å²) in [7, 11) is 14.0. The maximum atomic E-state index is 5.38. The second kappa shape index (κ2) is 26.8. The third kappa shape index (κ3) is 12.8. The number of fused-ring (bicyclic) bond motifs is 2. The van der Waals surface area contributed by atoms with Crippen molar-refractivity contribution < 1.29 is 0 Å². The van der Waals surface area contributed by atoms with Gasteiger partial charge in [-0.15, -0.1) is 0 Å². The van der Waals surface area contributed by atoms with Crippen LogP contribution in [0.15, 0.2) is 358 Å². The summed E-state index contributed by atoms with van der Waals surface area (Å²) in [6.45, 7) is 0. The van der Waals surface area contributed by atoms with Gasteiger partial charge in [0.05, 0.1) is 22.8 Å². The van der Waals surface area contributed by atoms with Gasteiger partial charge in [0, 0.05) is 74.2 Å². The average Bonchev–Trinajstić information content (AvgIpc) is 1.02. The van der Waals surface area contributed by atoms with Gasteiger partial charge < -0.3 is 9.80 Å². The van der Waals surface area contributed by atoms with Crippen LogP contribution >= 0.6 is 0 Å². The molecule has 6 radical (unpaired) electrons. The van der Waals surface area contributed by atoms with E-state index in [2.05, 4.69) is 391 Å². The van der Waals surface area contributed by atoms with Crippen LogP contribution < -0.4 is 9.80 Å². The molecular weight excluding hydrogens is 1110 g/mol.